The van der Waals surface area contributed by atoms with Crippen LogP contribution in [0.5, 0.6) is 11.5 Å². The normalized spacial score (nSPS) is 10.3. The molecule has 0 unspecified atom stereocenters. The number of fused-ring (bicyclic) bond motifs is 1. The lowest BCUT2D eigenvalue weighted by Gasteiger charge is -2.08. The van der Waals surface area contributed by atoms with Gasteiger partial charge in [-0.15, -0.1) is 0 Å². The predicted molar refractivity (Wildman–Crippen MR) is 74.8 cm³/mol. The highest BCUT2D eigenvalue weighted by Gasteiger charge is 2.12. The Balaban J connectivity index is 2.08. The third kappa shape index (κ3) is 2.47. The van der Waals surface area contributed by atoms with E-state index in [1.54, 1.807) is 31.5 Å². The zero-order chi connectivity index (χ0) is 14.7. The second kappa shape index (κ2) is 5.46. The van der Waals surface area contributed by atoms with Crippen LogP contribution in [0.25, 0.3) is 22.6 Å². The van der Waals surface area contributed by atoms with Gasteiger partial charge < -0.3 is 14.5 Å². The van der Waals surface area contributed by atoms with Gasteiger partial charge >= 0.3 is 0 Å². The highest BCUT2D eigenvalue weighted by molar-refractivity contribution is 5.77. The van der Waals surface area contributed by atoms with E-state index in [4.69, 9.17) is 14.7 Å². The summed E-state index contributed by atoms with van der Waals surface area (Å²) in [5.74, 6) is 1.81. The van der Waals surface area contributed by atoms with E-state index in [0.717, 1.165) is 11.1 Å². The number of aromatic nitrogens is 4. The van der Waals surface area contributed by atoms with Gasteiger partial charge in [-0.2, -0.15) is 5.26 Å². The summed E-state index contributed by atoms with van der Waals surface area (Å²) in [4.78, 5) is 15.6. The first-order chi connectivity index (χ1) is 10.3. The number of nitriles is 1. The van der Waals surface area contributed by atoms with Gasteiger partial charge in [0.05, 0.1) is 18.9 Å². The number of imidazole rings is 1. The molecule has 0 aliphatic carbocycles. The number of H-pyrrole nitrogens is 1. The molecule has 0 spiro atoms. The van der Waals surface area contributed by atoms with Crippen LogP contribution in [0.1, 0.15) is 0 Å². The lowest BCUT2D eigenvalue weighted by molar-refractivity contribution is 0.366. The molecule has 21 heavy (non-hydrogen) atoms. The number of aromatic amines is 1. The molecule has 0 amide bonds. The molecule has 1 N–H and O–H groups in total. The van der Waals surface area contributed by atoms with Crippen LogP contribution >= 0.6 is 0 Å². The summed E-state index contributed by atoms with van der Waals surface area (Å²) in [6.07, 6.45) is 3.10. The number of hydrogen-bond acceptors (Lipinski definition) is 6. The van der Waals surface area contributed by atoms with Gasteiger partial charge in [0, 0.05) is 0 Å². The quantitative estimate of drug-likeness (QED) is 0.784. The number of ether oxygens (including phenoxy) is 2. The van der Waals surface area contributed by atoms with Crippen molar-refractivity contribution in [2.24, 2.45) is 0 Å². The van der Waals surface area contributed by atoms with Gasteiger partial charge in [-0.05, 0) is 18.2 Å². The average molecular weight is 281 g/mol. The van der Waals surface area contributed by atoms with Crippen LogP contribution < -0.4 is 9.47 Å². The minimum Gasteiger partial charge on any atom is -0.496 e. The molecule has 0 atom stereocenters. The van der Waals surface area contributed by atoms with Gasteiger partial charge in [0.25, 0.3) is 0 Å². The van der Waals surface area contributed by atoms with E-state index in [0.29, 0.717) is 23.0 Å². The van der Waals surface area contributed by atoms with E-state index in [9.17, 15) is 0 Å². The maximum absolute atomic E-state index is 8.58. The average Bonchev–Trinajstić information content (AvgIpc) is 2.96. The number of hydrogen-bond donors (Lipinski definition) is 1. The van der Waals surface area contributed by atoms with Crippen LogP contribution in [0, 0.1) is 11.3 Å². The summed E-state index contributed by atoms with van der Waals surface area (Å²) in [5, 5.41) is 8.58. The van der Waals surface area contributed by atoms with Crippen molar-refractivity contribution in [1.29, 1.82) is 5.26 Å². The topological polar surface area (TPSA) is 96.7 Å². The van der Waals surface area contributed by atoms with Crippen molar-refractivity contribution in [3.8, 4) is 29.0 Å². The minimum absolute atomic E-state index is 0.0165. The number of nitrogens with one attached hydrogen (secondary N) is 1. The molecule has 104 valence electrons. The van der Waals surface area contributed by atoms with Gasteiger partial charge in [0.2, 0.25) is 0 Å². The van der Waals surface area contributed by atoms with Crippen molar-refractivity contribution in [3.05, 3.63) is 30.7 Å². The monoisotopic (exact) mass is 281 g/mol. The second-order valence-electron chi connectivity index (χ2n) is 4.15. The first-order valence-corrected chi connectivity index (χ1v) is 6.15. The zero-order valence-electron chi connectivity index (χ0n) is 11.2. The van der Waals surface area contributed by atoms with Gasteiger partial charge in [-0.25, -0.2) is 15.0 Å². The van der Waals surface area contributed by atoms with Crippen LogP contribution in [0.4, 0.5) is 0 Å². The van der Waals surface area contributed by atoms with Crippen molar-refractivity contribution in [2.75, 3.05) is 13.7 Å². The molecule has 3 aromatic rings. The van der Waals surface area contributed by atoms with Gasteiger partial charge in [0.15, 0.2) is 12.3 Å². The predicted octanol–water partition coefficient (Wildman–Crippen LogP) is 1.93. The van der Waals surface area contributed by atoms with Crippen molar-refractivity contribution >= 4 is 11.2 Å². The number of benzene rings is 1. The lowest BCUT2D eigenvalue weighted by atomic mass is 10.2. The van der Waals surface area contributed by atoms with E-state index < -0.39 is 0 Å². The third-order valence-electron chi connectivity index (χ3n) is 2.89. The summed E-state index contributed by atoms with van der Waals surface area (Å²) in [5.41, 5.74) is 2.04. The standard InChI is InChI=1S/C14H11N5O2/c1-20-12-3-2-9(21-5-4-15)6-10(12)13-18-11-7-16-8-17-14(11)19-13/h2-3,6-8H,5H2,1H3,(H,16,17,18,19). The molecule has 2 heterocycles. The Morgan fingerprint density at radius 3 is 3.05 bits per heavy atom. The lowest BCUT2D eigenvalue weighted by Crippen LogP contribution is -1.95. The molecular formula is C14H11N5O2. The van der Waals surface area contributed by atoms with E-state index in [1.165, 1.54) is 6.33 Å². The molecule has 3 rings (SSSR count). The maximum atomic E-state index is 8.58. The molecule has 0 saturated heterocycles. The Morgan fingerprint density at radius 1 is 1.38 bits per heavy atom. The molecule has 0 radical (unpaired) electrons. The maximum Gasteiger partial charge on any atom is 0.181 e. The summed E-state index contributed by atoms with van der Waals surface area (Å²) < 4.78 is 10.6. The Bertz CT molecular complexity index is 789. The molecule has 0 fully saturated rings. The van der Waals surface area contributed by atoms with Crippen LogP contribution in [0.2, 0.25) is 0 Å². The van der Waals surface area contributed by atoms with Crippen LogP contribution in [0.15, 0.2) is 30.7 Å². The summed E-state index contributed by atoms with van der Waals surface area (Å²) in [6, 6.07) is 7.20. The van der Waals surface area contributed by atoms with Crippen molar-refractivity contribution < 1.29 is 9.47 Å². The summed E-state index contributed by atoms with van der Waals surface area (Å²) in [6.45, 7) is -0.0165. The summed E-state index contributed by atoms with van der Waals surface area (Å²) >= 11 is 0. The molecule has 0 saturated carbocycles. The van der Waals surface area contributed by atoms with Gasteiger partial charge in [0.1, 0.15) is 35.2 Å². The van der Waals surface area contributed by atoms with Crippen molar-refractivity contribution in [3.63, 3.8) is 0 Å². The van der Waals surface area contributed by atoms with Crippen LogP contribution in [-0.2, 0) is 0 Å². The van der Waals surface area contributed by atoms with Crippen molar-refractivity contribution in [2.45, 2.75) is 0 Å². The zero-order valence-corrected chi connectivity index (χ0v) is 11.2. The number of methoxy groups -OCH3 is 1. The first kappa shape index (κ1) is 12.9. The highest BCUT2D eigenvalue weighted by Crippen LogP contribution is 2.32. The number of nitrogens with zero attached hydrogens (tertiary/aromatic N) is 4. The highest BCUT2D eigenvalue weighted by atomic mass is 16.5. The van der Waals surface area contributed by atoms with E-state index in [2.05, 4.69) is 19.9 Å². The fraction of sp³-hybridized carbons (Fsp3) is 0.143. The SMILES string of the molecule is COc1ccc(OCC#N)cc1-c1nc2ncncc2[nH]1. The molecular weight excluding hydrogens is 270 g/mol. The van der Waals surface area contributed by atoms with E-state index in [-0.39, 0.29) is 6.61 Å². The number of rotatable bonds is 4. The Morgan fingerprint density at radius 2 is 2.29 bits per heavy atom. The molecule has 7 heteroatoms. The smallest absolute Gasteiger partial charge is 0.181 e. The van der Waals surface area contributed by atoms with Crippen LogP contribution in [-0.4, -0.2) is 33.7 Å². The fourth-order valence-corrected chi connectivity index (χ4v) is 1.97. The molecule has 0 aliphatic rings. The van der Waals surface area contributed by atoms with E-state index >= 15 is 0 Å². The Labute approximate surface area is 120 Å². The molecule has 0 bridgehead atoms. The molecule has 1 aromatic carbocycles. The molecule has 0 aliphatic heterocycles. The van der Waals surface area contributed by atoms with Crippen molar-refractivity contribution in [1.82, 2.24) is 19.9 Å². The Hall–Kier alpha value is -3.14. The third-order valence-corrected chi connectivity index (χ3v) is 2.89. The van der Waals surface area contributed by atoms with E-state index in [1.807, 2.05) is 6.07 Å². The minimum atomic E-state index is -0.0165. The summed E-state index contributed by atoms with van der Waals surface area (Å²) in [7, 11) is 1.58. The van der Waals surface area contributed by atoms with Crippen LogP contribution in [0.3, 0.4) is 0 Å². The largest absolute Gasteiger partial charge is 0.496 e. The Kier molecular flexibility index (Phi) is 3.35. The molecule has 2 aromatic heterocycles. The fourth-order valence-electron chi connectivity index (χ4n) is 1.97. The first-order valence-electron chi connectivity index (χ1n) is 6.15. The van der Waals surface area contributed by atoms with Gasteiger partial charge in [-0.1, -0.05) is 0 Å². The molecule has 7 nitrogen and oxygen atoms in total. The second-order valence-corrected chi connectivity index (χ2v) is 4.15. The van der Waals surface area contributed by atoms with Gasteiger partial charge in [-0.3, -0.25) is 0 Å².